The first-order chi connectivity index (χ1) is 10.6. The average Bonchev–Trinajstić information content (AvgIpc) is 2.46. The van der Waals surface area contributed by atoms with Gasteiger partial charge in [-0.05, 0) is 18.9 Å². The molecule has 1 aromatic carbocycles. The maximum atomic E-state index is 11.9. The normalized spacial score (nSPS) is 23.5. The van der Waals surface area contributed by atoms with Gasteiger partial charge in [0.05, 0.1) is 23.9 Å². The number of hydrogen-bond acceptors (Lipinski definition) is 3. The standard InChI is InChI=1S/C16H23N3O2S.HI/c1-22(20)16(8-4-9-16)11-18-15(17)19-13-7-10-21-14-6-3-2-5-12(13)14;/h2-3,5-6,13H,4,7-11H2,1H3,(H3,17,18,19);1H. The molecule has 2 aliphatic rings. The van der Waals surface area contributed by atoms with Crippen LogP contribution in [0.5, 0.6) is 5.75 Å². The molecule has 3 N–H and O–H groups in total. The molecule has 0 spiro atoms. The zero-order chi connectivity index (χ0) is 15.6. The van der Waals surface area contributed by atoms with Crippen molar-refractivity contribution in [2.24, 2.45) is 10.7 Å². The Balaban J connectivity index is 0.00000192. The Morgan fingerprint density at radius 1 is 1.48 bits per heavy atom. The number of nitrogens with one attached hydrogen (secondary N) is 1. The molecule has 1 aliphatic heterocycles. The molecule has 3 rings (SSSR count). The Labute approximate surface area is 156 Å². The van der Waals surface area contributed by atoms with E-state index in [4.69, 9.17) is 10.5 Å². The van der Waals surface area contributed by atoms with E-state index in [9.17, 15) is 4.21 Å². The quantitative estimate of drug-likeness (QED) is 0.421. The van der Waals surface area contributed by atoms with E-state index in [0.717, 1.165) is 37.0 Å². The van der Waals surface area contributed by atoms with Gasteiger partial charge in [-0.1, -0.05) is 24.6 Å². The van der Waals surface area contributed by atoms with E-state index >= 15 is 0 Å². The van der Waals surface area contributed by atoms with Crippen LogP contribution < -0.4 is 15.8 Å². The first-order valence-electron chi connectivity index (χ1n) is 7.72. The van der Waals surface area contributed by atoms with Gasteiger partial charge in [0, 0.05) is 29.0 Å². The molecule has 0 bridgehead atoms. The Morgan fingerprint density at radius 3 is 2.87 bits per heavy atom. The minimum atomic E-state index is -0.852. The number of benzene rings is 1. The number of rotatable bonds is 4. The molecule has 1 aromatic rings. The van der Waals surface area contributed by atoms with Crippen LogP contribution in [0.15, 0.2) is 29.3 Å². The van der Waals surface area contributed by atoms with Gasteiger partial charge in [-0.25, -0.2) is 0 Å². The lowest BCUT2D eigenvalue weighted by atomic mass is 9.84. The molecular formula is C16H24IN3O2S. The summed E-state index contributed by atoms with van der Waals surface area (Å²) in [6, 6.07) is 8.11. The number of para-hydroxylation sites is 1. The van der Waals surface area contributed by atoms with Crippen LogP contribution in [0.3, 0.4) is 0 Å². The predicted molar refractivity (Wildman–Crippen MR) is 105 cm³/mol. The summed E-state index contributed by atoms with van der Waals surface area (Å²) in [6.07, 6.45) is 5.72. The minimum absolute atomic E-state index is 0. The second-order valence-corrected chi connectivity index (χ2v) is 7.84. The lowest BCUT2D eigenvalue weighted by Crippen LogP contribution is -2.45. The van der Waals surface area contributed by atoms with Gasteiger partial charge in [0.2, 0.25) is 0 Å². The third kappa shape index (κ3) is 3.99. The highest BCUT2D eigenvalue weighted by atomic mass is 127. The molecule has 128 valence electrons. The summed E-state index contributed by atoms with van der Waals surface area (Å²) in [5.74, 6) is 1.34. The fourth-order valence-corrected chi connectivity index (χ4v) is 4.16. The van der Waals surface area contributed by atoms with E-state index < -0.39 is 10.8 Å². The zero-order valence-corrected chi connectivity index (χ0v) is 16.4. The van der Waals surface area contributed by atoms with Crippen LogP contribution in [0, 0.1) is 0 Å². The third-order valence-corrected chi connectivity index (χ3v) is 6.45. The van der Waals surface area contributed by atoms with Gasteiger partial charge in [-0.2, -0.15) is 0 Å². The molecule has 1 heterocycles. The molecule has 1 saturated carbocycles. The topological polar surface area (TPSA) is 76.7 Å². The van der Waals surface area contributed by atoms with Gasteiger partial charge in [0.25, 0.3) is 0 Å². The highest BCUT2D eigenvalue weighted by Crippen LogP contribution is 2.37. The van der Waals surface area contributed by atoms with Crippen molar-refractivity contribution in [3.63, 3.8) is 0 Å². The number of aliphatic imine (C=N–C) groups is 1. The molecule has 23 heavy (non-hydrogen) atoms. The van der Waals surface area contributed by atoms with Crippen molar-refractivity contribution in [2.75, 3.05) is 19.4 Å². The fourth-order valence-electron chi connectivity index (χ4n) is 3.05. The van der Waals surface area contributed by atoms with E-state index in [-0.39, 0.29) is 34.8 Å². The van der Waals surface area contributed by atoms with Gasteiger partial charge >= 0.3 is 0 Å². The van der Waals surface area contributed by atoms with Crippen molar-refractivity contribution in [3.05, 3.63) is 29.8 Å². The van der Waals surface area contributed by atoms with E-state index in [1.807, 2.05) is 24.3 Å². The van der Waals surface area contributed by atoms with Crippen LogP contribution in [0.2, 0.25) is 0 Å². The molecule has 0 aromatic heterocycles. The average molecular weight is 449 g/mol. The first-order valence-corrected chi connectivity index (χ1v) is 9.28. The molecule has 5 nitrogen and oxygen atoms in total. The highest BCUT2D eigenvalue weighted by Gasteiger charge is 2.40. The lowest BCUT2D eigenvalue weighted by Gasteiger charge is -2.38. The number of fused-ring (bicyclic) bond motifs is 1. The Kier molecular flexibility index (Phi) is 6.30. The summed E-state index contributed by atoms with van der Waals surface area (Å²) in [4.78, 5) is 4.46. The summed E-state index contributed by atoms with van der Waals surface area (Å²) in [5, 5.41) is 3.28. The lowest BCUT2D eigenvalue weighted by molar-refractivity contribution is 0.262. The molecule has 0 amide bonds. The number of guanidine groups is 1. The van der Waals surface area contributed by atoms with Crippen LogP contribution >= 0.6 is 24.0 Å². The molecule has 2 atom stereocenters. The maximum Gasteiger partial charge on any atom is 0.189 e. The molecule has 1 fully saturated rings. The van der Waals surface area contributed by atoms with Crippen molar-refractivity contribution in [1.82, 2.24) is 5.32 Å². The van der Waals surface area contributed by atoms with Gasteiger partial charge in [0.1, 0.15) is 5.75 Å². The van der Waals surface area contributed by atoms with Crippen LogP contribution in [0.4, 0.5) is 0 Å². The minimum Gasteiger partial charge on any atom is -0.493 e. The van der Waals surface area contributed by atoms with E-state index in [1.54, 1.807) is 6.26 Å². The molecular weight excluding hydrogens is 425 g/mol. The summed E-state index contributed by atoms with van der Waals surface area (Å²) in [7, 11) is -0.852. The second kappa shape index (κ2) is 7.83. The summed E-state index contributed by atoms with van der Waals surface area (Å²) in [5.41, 5.74) is 7.16. The van der Waals surface area contributed by atoms with Crippen molar-refractivity contribution < 1.29 is 8.95 Å². The van der Waals surface area contributed by atoms with E-state index in [2.05, 4.69) is 10.3 Å². The van der Waals surface area contributed by atoms with E-state index in [0.29, 0.717) is 19.1 Å². The summed E-state index contributed by atoms with van der Waals surface area (Å²) in [6.45, 7) is 1.21. The molecule has 2 unspecified atom stereocenters. The Hall–Kier alpha value is -0.830. The first kappa shape index (κ1) is 18.5. The molecule has 0 saturated heterocycles. The largest absolute Gasteiger partial charge is 0.493 e. The van der Waals surface area contributed by atoms with E-state index in [1.165, 1.54) is 0 Å². The summed E-state index contributed by atoms with van der Waals surface area (Å²) < 4.78 is 17.4. The van der Waals surface area contributed by atoms with Crippen LogP contribution in [-0.2, 0) is 10.8 Å². The maximum absolute atomic E-state index is 11.9. The van der Waals surface area contributed by atoms with Crippen molar-refractivity contribution in [3.8, 4) is 5.75 Å². The number of nitrogens with two attached hydrogens (primary N) is 1. The van der Waals surface area contributed by atoms with Gasteiger partial charge in [0.15, 0.2) is 5.96 Å². The Morgan fingerprint density at radius 2 is 2.22 bits per heavy atom. The smallest absolute Gasteiger partial charge is 0.189 e. The molecule has 7 heteroatoms. The van der Waals surface area contributed by atoms with Crippen LogP contribution in [0.25, 0.3) is 0 Å². The SMILES string of the molecule is CS(=O)C1(CN=C(N)NC2CCOc3ccccc32)CCC1.I. The van der Waals surface area contributed by atoms with Gasteiger partial charge < -0.3 is 15.8 Å². The predicted octanol–water partition coefficient (Wildman–Crippen LogP) is 2.33. The highest BCUT2D eigenvalue weighted by molar-refractivity contribution is 14.0. The van der Waals surface area contributed by atoms with Crippen molar-refractivity contribution in [1.29, 1.82) is 0 Å². The fraction of sp³-hybridized carbons (Fsp3) is 0.562. The van der Waals surface area contributed by atoms with Gasteiger partial charge in [-0.3, -0.25) is 9.20 Å². The Bertz CT molecular complexity index is 605. The van der Waals surface area contributed by atoms with Crippen LogP contribution in [0.1, 0.15) is 37.3 Å². The molecule has 0 radical (unpaired) electrons. The van der Waals surface area contributed by atoms with Crippen molar-refractivity contribution in [2.45, 2.75) is 36.5 Å². The number of halogens is 1. The number of hydrogen-bond donors (Lipinski definition) is 2. The third-order valence-electron chi connectivity index (χ3n) is 4.69. The van der Waals surface area contributed by atoms with Crippen molar-refractivity contribution >= 4 is 40.7 Å². The molecule has 1 aliphatic carbocycles. The summed E-state index contributed by atoms with van der Waals surface area (Å²) >= 11 is 0. The van der Waals surface area contributed by atoms with Crippen LogP contribution in [-0.4, -0.2) is 34.3 Å². The second-order valence-electron chi connectivity index (χ2n) is 6.06. The zero-order valence-electron chi connectivity index (χ0n) is 13.3. The number of ether oxygens (including phenoxy) is 1. The van der Waals surface area contributed by atoms with Gasteiger partial charge in [-0.15, -0.1) is 24.0 Å². The number of nitrogens with zero attached hydrogens (tertiary/aromatic N) is 1. The monoisotopic (exact) mass is 449 g/mol.